The Morgan fingerprint density at radius 2 is 1.94 bits per heavy atom. The number of carbonyl (C=O) groups is 1. The van der Waals surface area contributed by atoms with E-state index in [4.69, 9.17) is 11.6 Å². The van der Waals surface area contributed by atoms with Crippen molar-refractivity contribution in [1.82, 2.24) is 4.90 Å². The van der Waals surface area contributed by atoms with Gasteiger partial charge in [0.05, 0.1) is 10.8 Å². The van der Waals surface area contributed by atoms with Crippen LogP contribution in [0.4, 0.5) is 5.69 Å². The number of hydrogen-bond donors (Lipinski definition) is 0. The molecule has 18 heavy (non-hydrogen) atoms. The van der Waals surface area contributed by atoms with E-state index in [1.165, 1.54) is 4.90 Å². The highest BCUT2D eigenvalue weighted by Crippen LogP contribution is 2.26. The largest absolute Gasteiger partial charge is 0.382 e. The van der Waals surface area contributed by atoms with Crippen LogP contribution in [0.15, 0.2) is 35.4 Å². The highest BCUT2D eigenvalue weighted by atomic mass is 35.5. The SMILES string of the molecule is CN(C)/C=C1\C(=O)N(c2ccc(Cl)cc2)C[S@@]1=O. The lowest BCUT2D eigenvalue weighted by molar-refractivity contribution is -0.114. The molecule has 1 aromatic carbocycles. The molecule has 0 unspecified atom stereocenters. The van der Waals surface area contributed by atoms with Gasteiger partial charge in [-0.05, 0) is 24.3 Å². The third-order valence-electron chi connectivity index (χ3n) is 2.46. The van der Waals surface area contributed by atoms with Crippen molar-refractivity contribution in [1.29, 1.82) is 0 Å². The van der Waals surface area contributed by atoms with Gasteiger partial charge in [0.15, 0.2) is 0 Å². The van der Waals surface area contributed by atoms with Gasteiger partial charge in [-0.3, -0.25) is 13.9 Å². The third-order valence-corrected chi connectivity index (χ3v) is 3.98. The van der Waals surface area contributed by atoms with Crippen LogP contribution in [0.2, 0.25) is 5.02 Å². The Morgan fingerprint density at radius 1 is 1.33 bits per heavy atom. The van der Waals surface area contributed by atoms with Gasteiger partial charge in [0.2, 0.25) is 0 Å². The minimum atomic E-state index is -1.28. The van der Waals surface area contributed by atoms with E-state index < -0.39 is 10.8 Å². The first-order valence-electron chi connectivity index (χ1n) is 5.33. The van der Waals surface area contributed by atoms with Crippen LogP contribution in [0.1, 0.15) is 0 Å². The molecule has 1 heterocycles. The number of nitrogens with zero attached hydrogens (tertiary/aromatic N) is 2. The van der Waals surface area contributed by atoms with Crippen LogP contribution in [-0.2, 0) is 15.6 Å². The van der Waals surface area contributed by atoms with Crippen molar-refractivity contribution in [2.45, 2.75) is 0 Å². The summed E-state index contributed by atoms with van der Waals surface area (Å²) in [5, 5.41) is 0.607. The first-order chi connectivity index (χ1) is 8.49. The van der Waals surface area contributed by atoms with Crippen LogP contribution in [0.5, 0.6) is 0 Å². The zero-order valence-corrected chi connectivity index (χ0v) is 11.7. The van der Waals surface area contributed by atoms with Crippen LogP contribution in [-0.4, -0.2) is 35.0 Å². The Morgan fingerprint density at radius 3 is 2.50 bits per heavy atom. The van der Waals surface area contributed by atoms with Gasteiger partial charge in [-0.1, -0.05) is 11.6 Å². The van der Waals surface area contributed by atoms with Gasteiger partial charge >= 0.3 is 0 Å². The predicted octanol–water partition coefficient (Wildman–Crippen LogP) is 1.80. The number of benzene rings is 1. The van der Waals surface area contributed by atoms with E-state index in [2.05, 4.69) is 0 Å². The summed E-state index contributed by atoms with van der Waals surface area (Å²) in [5.74, 6) is -0.0236. The van der Waals surface area contributed by atoms with Gasteiger partial charge < -0.3 is 4.90 Å². The summed E-state index contributed by atoms with van der Waals surface area (Å²) < 4.78 is 11.9. The molecule has 0 spiro atoms. The first-order valence-corrected chi connectivity index (χ1v) is 7.03. The Kier molecular flexibility index (Phi) is 3.73. The standard InChI is InChI=1S/C12H13ClN2O2S/c1-14(2)7-11-12(16)15(8-18(11)17)10-5-3-9(13)4-6-10/h3-7H,8H2,1-2H3/b11-7+/t18-/m0/s1. The van der Waals surface area contributed by atoms with E-state index in [1.54, 1.807) is 49.5 Å². The summed E-state index contributed by atoms with van der Waals surface area (Å²) in [6, 6.07) is 6.91. The summed E-state index contributed by atoms with van der Waals surface area (Å²) in [4.78, 5) is 15.7. The molecule has 0 aliphatic carbocycles. The van der Waals surface area contributed by atoms with E-state index in [1.807, 2.05) is 0 Å². The topological polar surface area (TPSA) is 40.6 Å². The van der Waals surface area contributed by atoms with E-state index in [9.17, 15) is 9.00 Å². The molecule has 4 nitrogen and oxygen atoms in total. The summed E-state index contributed by atoms with van der Waals surface area (Å²) >= 11 is 5.80. The van der Waals surface area contributed by atoms with Crippen LogP contribution in [0, 0.1) is 0 Å². The summed E-state index contributed by atoms with van der Waals surface area (Å²) in [5.41, 5.74) is 0.708. The van der Waals surface area contributed by atoms with Crippen molar-refractivity contribution in [2.75, 3.05) is 24.9 Å². The molecule has 2 rings (SSSR count). The van der Waals surface area contributed by atoms with Crippen molar-refractivity contribution in [3.05, 3.63) is 40.4 Å². The molecule has 0 aromatic heterocycles. The van der Waals surface area contributed by atoms with Gasteiger partial charge in [0.25, 0.3) is 5.91 Å². The third kappa shape index (κ3) is 2.57. The Balaban J connectivity index is 2.31. The zero-order valence-electron chi connectivity index (χ0n) is 10.1. The van der Waals surface area contributed by atoms with Crippen LogP contribution >= 0.6 is 11.6 Å². The zero-order chi connectivity index (χ0) is 13.3. The number of rotatable bonds is 2. The number of amides is 1. The number of carbonyl (C=O) groups excluding carboxylic acids is 1. The molecule has 1 atom stereocenters. The fourth-order valence-electron chi connectivity index (χ4n) is 1.64. The first kappa shape index (κ1) is 13.1. The molecule has 6 heteroatoms. The second-order valence-corrected chi connectivity index (χ2v) is 5.97. The smallest absolute Gasteiger partial charge is 0.269 e. The quantitative estimate of drug-likeness (QED) is 0.778. The highest BCUT2D eigenvalue weighted by molar-refractivity contribution is 7.90. The maximum absolute atomic E-state index is 12.1. The van der Waals surface area contributed by atoms with Crippen LogP contribution in [0.3, 0.4) is 0 Å². The van der Waals surface area contributed by atoms with E-state index in [0.29, 0.717) is 15.6 Å². The number of halogens is 1. The Hall–Kier alpha value is -1.33. The molecule has 96 valence electrons. The van der Waals surface area contributed by atoms with E-state index in [-0.39, 0.29) is 11.8 Å². The molecule has 1 aromatic rings. The maximum Gasteiger partial charge on any atom is 0.269 e. The van der Waals surface area contributed by atoms with Crippen molar-refractivity contribution < 1.29 is 9.00 Å². The minimum Gasteiger partial charge on any atom is -0.382 e. The number of anilines is 1. The fraction of sp³-hybridized carbons (Fsp3) is 0.250. The summed E-state index contributed by atoms with van der Waals surface area (Å²) in [6.07, 6.45) is 1.61. The molecule has 1 saturated heterocycles. The monoisotopic (exact) mass is 284 g/mol. The second-order valence-electron chi connectivity index (χ2n) is 4.14. The second kappa shape index (κ2) is 5.12. The molecule has 0 N–H and O–H groups in total. The molecular formula is C12H13ClN2O2S. The molecule has 0 saturated carbocycles. The molecule has 1 aliphatic rings. The van der Waals surface area contributed by atoms with Gasteiger partial charge in [-0.25, -0.2) is 0 Å². The van der Waals surface area contributed by atoms with E-state index in [0.717, 1.165) is 0 Å². The van der Waals surface area contributed by atoms with Gasteiger partial charge in [0.1, 0.15) is 10.8 Å². The van der Waals surface area contributed by atoms with Gasteiger partial charge in [-0.15, -0.1) is 0 Å². The molecular weight excluding hydrogens is 272 g/mol. The van der Waals surface area contributed by atoms with Gasteiger partial charge in [-0.2, -0.15) is 0 Å². The lowest BCUT2D eigenvalue weighted by Crippen LogP contribution is -2.24. The van der Waals surface area contributed by atoms with Gasteiger partial charge in [0, 0.05) is 31.0 Å². The normalized spacial score (nSPS) is 21.7. The van der Waals surface area contributed by atoms with Crippen molar-refractivity contribution >= 4 is 34.0 Å². The summed E-state index contributed by atoms with van der Waals surface area (Å²) in [7, 11) is 2.30. The maximum atomic E-state index is 12.1. The number of hydrogen-bond acceptors (Lipinski definition) is 3. The molecule has 1 aliphatic heterocycles. The molecule has 0 bridgehead atoms. The van der Waals surface area contributed by atoms with Crippen molar-refractivity contribution in [3.63, 3.8) is 0 Å². The summed E-state index contributed by atoms with van der Waals surface area (Å²) in [6.45, 7) is 0. The Labute approximate surface area is 113 Å². The van der Waals surface area contributed by atoms with Crippen molar-refractivity contribution in [3.8, 4) is 0 Å². The highest BCUT2D eigenvalue weighted by Gasteiger charge is 2.33. The van der Waals surface area contributed by atoms with Crippen LogP contribution in [0.25, 0.3) is 0 Å². The Bertz CT molecular complexity index is 525. The lowest BCUT2D eigenvalue weighted by Gasteiger charge is -2.13. The molecule has 1 amide bonds. The van der Waals surface area contributed by atoms with E-state index >= 15 is 0 Å². The fourth-order valence-corrected chi connectivity index (χ4v) is 3.04. The molecule has 0 radical (unpaired) electrons. The van der Waals surface area contributed by atoms with Crippen LogP contribution < -0.4 is 4.90 Å². The predicted molar refractivity (Wildman–Crippen MR) is 73.7 cm³/mol. The molecule has 1 fully saturated rings. The lowest BCUT2D eigenvalue weighted by atomic mass is 10.3. The average Bonchev–Trinajstić information content (AvgIpc) is 2.58. The average molecular weight is 285 g/mol. The van der Waals surface area contributed by atoms with Crippen molar-refractivity contribution in [2.24, 2.45) is 0 Å². The minimum absolute atomic E-state index is 0.195.